The van der Waals surface area contributed by atoms with Gasteiger partial charge in [0.05, 0.1) is 17.7 Å². The molecule has 196 valence electrons. The Hall–Kier alpha value is -2.83. The molecule has 0 radical (unpaired) electrons. The summed E-state index contributed by atoms with van der Waals surface area (Å²) in [5, 5.41) is 0. The van der Waals surface area contributed by atoms with Crippen LogP contribution in [0, 0.1) is 6.92 Å². The lowest BCUT2D eigenvalue weighted by Gasteiger charge is -2.45. The summed E-state index contributed by atoms with van der Waals surface area (Å²) in [5.74, 6) is 1.21. The molecule has 6 heteroatoms. The minimum Gasteiger partial charge on any atom is -0.497 e. The quantitative estimate of drug-likeness (QED) is 0.364. The Morgan fingerprint density at radius 1 is 0.838 bits per heavy atom. The minimum absolute atomic E-state index is 0.103. The monoisotopic (exact) mass is 518 g/mol. The Morgan fingerprint density at radius 3 is 2.24 bits per heavy atom. The molecule has 1 heterocycles. The summed E-state index contributed by atoms with van der Waals surface area (Å²) >= 11 is 0. The maximum absolute atomic E-state index is 14.0. The summed E-state index contributed by atoms with van der Waals surface area (Å²) < 4.78 is 35.2. The second-order valence-corrected chi connectivity index (χ2v) is 12.3. The van der Waals surface area contributed by atoms with E-state index in [1.165, 1.54) is 31.2 Å². The molecule has 1 saturated carbocycles. The predicted molar refractivity (Wildman–Crippen MR) is 150 cm³/mol. The number of benzene rings is 3. The average molecular weight is 519 g/mol. The standard InChI is InChI=1S/C31H38N2O3S/c1-24-15-17-29(18-16-24)37(34,35)33(27-11-8-12-28(23-27)36-2)26-19-21-32(22-20-26)31-14-7-6-13-30(31)25-9-4-3-5-10-25/h3-5,8-12,15-18,23,26,30-31H,6-7,13-14,19-22H2,1-2H3/t30-,31-/m1/s1. The molecular weight excluding hydrogens is 480 g/mol. The lowest BCUT2D eigenvalue weighted by molar-refractivity contribution is 0.107. The van der Waals surface area contributed by atoms with Crippen molar-refractivity contribution in [2.24, 2.45) is 0 Å². The molecule has 0 unspecified atom stereocenters. The Kier molecular flexibility index (Phi) is 7.87. The third-order valence-corrected chi connectivity index (χ3v) is 10.0. The number of piperidine rings is 1. The van der Waals surface area contributed by atoms with E-state index in [1.807, 2.05) is 43.3 Å². The van der Waals surface area contributed by atoms with Gasteiger partial charge in [-0.3, -0.25) is 9.21 Å². The van der Waals surface area contributed by atoms with Crippen molar-refractivity contribution in [2.45, 2.75) is 68.3 Å². The van der Waals surface area contributed by atoms with Crippen molar-refractivity contribution in [3.63, 3.8) is 0 Å². The third kappa shape index (κ3) is 5.55. The van der Waals surface area contributed by atoms with Gasteiger partial charge in [0, 0.05) is 31.2 Å². The zero-order valence-corrected chi connectivity index (χ0v) is 22.7. The molecular formula is C31H38N2O3S. The fourth-order valence-electron chi connectivity index (χ4n) is 6.21. The first-order valence-electron chi connectivity index (χ1n) is 13.5. The normalized spacial score (nSPS) is 21.5. The van der Waals surface area contributed by atoms with Crippen LogP contribution < -0.4 is 9.04 Å². The van der Waals surface area contributed by atoms with Gasteiger partial charge in [-0.2, -0.15) is 0 Å². The van der Waals surface area contributed by atoms with Crippen LogP contribution in [0.1, 0.15) is 55.6 Å². The van der Waals surface area contributed by atoms with E-state index in [-0.39, 0.29) is 6.04 Å². The molecule has 1 aliphatic carbocycles. The first-order chi connectivity index (χ1) is 18.0. The van der Waals surface area contributed by atoms with Crippen molar-refractivity contribution in [3.05, 3.63) is 90.0 Å². The van der Waals surface area contributed by atoms with E-state index in [0.29, 0.717) is 28.3 Å². The maximum Gasteiger partial charge on any atom is 0.264 e. The Bertz CT molecular complexity index is 1270. The molecule has 3 aromatic carbocycles. The van der Waals surface area contributed by atoms with Crippen LogP contribution in [0.25, 0.3) is 0 Å². The predicted octanol–water partition coefficient (Wildman–Crippen LogP) is 6.39. The summed E-state index contributed by atoms with van der Waals surface area (Å²) in [6.45, 7) is 3.78. The highest BCUT2D eigenvalue weighted by Crippen LogP contribution is 2.39. The zero-order valence-electron chi connectivity index (χ0n) is 21.9. The van der Waals surface area contributed by atoms with Gasteiger partial charge < -0.3 is 4.74 Å². The summed E-state index contributed by atoms with van der Waals surface area (Å²) in [7, 11) is -2.12. The summed E-state index contributed by atoms with van der Waals surface area (Å²) in [4.78, 5) is 2.97. The number of nitrogens with zero attached hydrogens (tertiary/aromatic N) is 2. The largest absolute Gasteiger partial charge is 0.497 e. The molecule has 37 heavy (non-hydrogen) atoms. The van der Waals surface area contributed by atoms with E-state index in [2.05, 4.69) is 35.2 Å². The molecule has 0 bridgehead atoms. The Balaban J connectivity index is 1.40. The molecule has 2 aliphatic rings. The van der Waals surface area contributed by atoms with Gasteiger partial charge in [-0.1, -0.05) is 66.9 Å². The number of aryl methyl sites for hydroxylation is 1. The van der Waals surface area contributed by atoms with Crippen molar-refractivity contribution < 1.29 is 13.2 Å². The molecule has 0 amide bonds. The molecule has 1 aliphatic heterocycles. The van der Waals surface area contributed by atoms with Gasteiger partial charge in [0.25, 0.3) is 10.0 Å². The maximum atomic E-state index is 14.0. The number of anilines is 1. The molecule has 5 rings (SSSR count). The number of likely N-dealkylation sites (tertiary alicyclic amines) is 1. The molecule has 2 fully saturated rings. The van der Waals surface area contributed by atoms with Crippen molar-refractivity contribution >= 4 is 15.7 Å². The van der Waals surface area contributed by atoms with Gasteiger partial charge in [-0.05, 0) is 68.4 Å². The first-order valence-corrected chi connectivity index (χ1v) is 15.0. The van der Waals surface area contributed by atoms with Gasteiger partial charge in [-0.15, -0.1) is 0 Å². The van der Waals surface area contributed by atoms with Gasteiger partial charge in [-0.25, -0.2) is 8.42 Å². The van der Waals surface area contributed by atoms with Crippen molar-refractivity contribution in [3.8, 4) is 5.75 Å². The molecule has 5 nitrogen and oxygen atoms in total. The lowest BCUT2D eigenvalue weighted by Crippen LogP contribution is -2.51. The van der Waals surface area contributed by atoms with E-state index in [0.717, 1.165) is 31.5 Å². The molecule has 1 saturated heterocycles. The van der Waals surface area contributed by atoms with Crippen LogP contribution in [0.2, 0.25) is 0 Å². The molecule has 3 aromatic rings. The first kappa shape index (κ1) is 25.8. The van der Waals surface area contributed by atoms with E-state index in [4.69, 9.17) is 4.74 Å². The van der Waals surface area contributed by atoms with Gasteiger partial charge >= 0.3 is 0 Å². The number of hydrogen-bond donors (Lipinski definition) is 0. The Labute approximate surface area is 222 Å². The highest BCUT2D eigenvalue weighted by molar-refractivity contribution is 7.92. The van der Waals surface area contributed by atoms with E-state index < -0.39 is 10.0 Å². The summed E-state index contributed by atoms with van der Waals surface area (Å²) in [6.07, 6.45) is 6.61. The van der Waals surface area contributed by atoms with Crippen LogP contribution in [-0.4, -0.2) is 45.6 Å². The van der Waals surface area contributed by atoms with Crippen LogP contribution in [0.3, 0.4) is 0 Å². The van der Waals surface area contributed by atoms with E-state index >= 15 is 0 Å². The zero-order chi connectivity index (χ0) is 25.8. The number of hydrogen-bond acceptors (Lipinski definition) is 4. The van der Waals surface area contributed by atoms with Gasteiger partial charge in [0.15, 0.2) is 0 Å². The number of methoxy groups -OCH3 is 1. The smallest absolute Gasteiger partial charge is 0.264 e. The SMILES string of the molecule is COc1cccc(N(C2CCN([C@@H]3CCCC[C@@H]3c3ccccc3)CC2)S(=O)(=O)c2ccc(C)cc2)c1. The van der Waals surface area contributed by atoms with Crippen molar-refractivity contribution in [1.82, 2.24) is 4.90 Å². The van der Waals surface area contributed by atoms with Crippen LogP contribution in [0.5, 0.6) is 5.75 Å². The van der Waals surface area contributed by atoms with Crippen LogP contribution >= 0.6 is 0 Å². The van der Waals surface area contributed by atoms with E-state index in [1.54, 1.807) is 23.5 Å². The second kappa shape index (κ2) is 11.3. The molecule has 0 aromatic heterocycles. The summed E-state index contributed by atoms with van der Waals surface area (Å²) in [6, 6.07) is 26.0. The highest BCUT2D eigenvalue weighted by Gasteiger charge is 2.38. The van der Waals surface area contributed by atoms with Crippen LogP contribution in [-0.2, 0) is 10.0 Å². The molecule has 0 N–H and O–H groups in total. The lowest BCUT2D eigenvalue weighted by atomic mass is 9.78. The minimum atomic E-state index is -3.73. The fraction of sp³-hybridized carbons (Fsp3) is 0.419. The van der Waals surface area contributed by atoms with Crippen molar-refractivity contribution in [2.75, 3.05) is 24.5 Å². The highest BCUT2D eigenvalue weighted by atomic mass is 32.2. The average Bonchev–Trinajstić information content (AvgIpc) is 2.94. The van der Waals surface area contributed by atoms with Crippen LogP contribution in [0.4, 0.5) is 5.69 Å². The van der Waals surface area contributed by atoms with Gasteiger partial charge in [0.2, 0.25) is 0 Å². The third-order valence-electron chi connectivity index (χ3n) is 8.14. The van der Waals surface area contributed by atoms with Crippen LogP contribution in [0.15, 0.2) is 83.8 Å². The molecule has 0 spiro atoms. The summed E-state index contributed by atoms with van der Waals surface area (Å²) in [5.41, 5.74) is 3.15. The second-order valence-electron chi connectivity index (χ2n) is 10.5. The number of rotatable bonds is 7. The fourth-order valence-corrected chi connectivity index (χ4v) is 7.91. The Morgan fingerprint density at radius 2 is 1.54 bits per heavy atom. The van der Waals surface area contributed by atoms with Gasteiger partial charge in [0.1, 0.15) is 5.75 Å². The number of ether oxygens (including phenoxy) is 1. The number of sulfonamides is 1. The van der Waals surface area contributed by atoms with E-state index in [9.17, 15) is 8.42 Å². The molecule has 2 atom stereocenters. The topological polar surface area (TPSA) is 49.9 Å². The van der Waals surface area contributed by atoms with Crippen molar-refractivity contribution in [1.29, 1.82) is 0 Å².